The first-order valence-electron chi connectivity index (χ1n) is 5.64. The molecule has 0 saturated carbocycles. The summed E-state index contributed by atoms with van der Waals surface area (Å²) in [4.78, 5) is 0. The number of benzene rings is 2. The van der Waals surface area contributed by atoms with Crippen LogP contribution in [0, 0.1) is 5.82 Å². The van der Waals surface area contributed by atoms with Crippen LogP contribution in [0.15, 0.2) is 46.9 Å². The highest BCUT2D eigenvalue weighted by Crippen LogP contribution is 2.27. The van der Waals surface area contributed by atoms with Gasteiger partial charge in [-0.3, -0.25) is 0 Å². The van der Waals surface area contributed by atoms with Gasteiger partial charge in [0.05, 0.1) is 17.4 Å². The van der Waals surface area contributed by atoms with E-state index in [0.29, 0.717) is 11.3 Å². The molecule has 18 heavy (non-hydrogen) atoms. The summed E-state index contributed by atoms with van der Waals surface area (Å²) in [6.07, 6.45) is 0. The third-order valence-electron chi connectivity index (χ3n) is 2.76. The summed E-state index contributed by atoms with van der Waals surface area (Å²) in [6, 6.07) is 12.2. The molecule has 0 heterocycles. The number of halogens is 2. The molecule has 94 valence electrons. The third-order valence-corrected chi connectivity index (χ3v) is 3.25. The Morgan fingerprint density at radius 1 is 1.22 bits per heavy atom. The minimum atomic E-state index is -0.215. The Labute approximate surface area is 114 Å². The summed E-state index contributed by atoms with van der Waals surface area (Å²) in [5.74, 6) is -0.215. The number of hydrogen-bond donors (Lipinski definition) is 2. The molecule has 0 bridgehead atoms. The van der Waals surface area contributed by atoms with E-state index in [1.165, 1.54) is 6.07 Å². The first-order chi connectivity index (χ1) is 8.58. The number of rotatable bonds is 3. The van der Waals surface area contributed by atoms with Gasteiger partial charge >= 0.3 is 0 Å². The number of nitrogens with one attached hydrogen (secondary N) is 1. The minimum absolute atomic E-state index is 0.144. The lowest BCUT2D eigenvalue weighted by Gasteiger charge is -2.17. The van der Waals surface area contributed by atoms with Crippen LogP contribution < -0.4 is 11.1 Å². The minimum Gasteiger partial charge on any atom is -0.397 e. The molecule has 1 unspecified atom stereocenters. The van der Waals surface area contributed by atoms with Gasteiger partial charge in [0, 0.05) is 10.0 Å². The lowest BCUT2D eigenvalue weighted by molar-refractivity contribution is 0.600. The second-order valence-corrected chi connectivity index (χ2v) is 5.03. The van der Waals surface area contributed by atoms with Crippen molar-refractivity contribution in [2.75, 3.05) is 11.1 Å². The van der Waals surface area contributed by atoms with Crippen molar-refractivity contribution in [3.63, 3.8) is 0 Å². The molecule has 2 aromatic rings. The molecule has 0 saturated heterocycles. The number of nitrogen functional groups attached to an aromatic ring is 1. The molecule has 2 rings (SSSR count). The van der Waals surface area contributed by atoms with Gasteiger partial charge in [-0.25, -0.2) is 4.39 Å². The molecule has 0 fully saturated rings. The largest absolute Gasteiger partial charge is 0.397 e. The van der Waals surface area contributed by atoms with Crippen LogP contribution in [-0.4, -0.2) is 0 Å². The monoisotopic (exact) mass is 308 g/mol. The molecule has 1 atom stereocenters. The predicted molar refractivity (Wildman–Crippen MR) is 77.0 cm³/mol. The van der Waals surface area contributed by atoms with E-state index in [1.54, 1.807) is 12.1 Å². The van der Waals surface area contributed by atoms with Crippen molar-refractivity contribution >= 4 is 27.3 Å². The van der Waals surface area contributed by atoms with Gasteiger partial charge in [0.15, 0.2) is 0 Å². The van der Waals surface area contributed by atoms with Crippen LogP contribution in [0.3, 0.4) is 0 Å². The van der Waals surface area contributed by atoms with Gasteiger partial charge in [0.2, 0.25) is 0 Å². The van der Waals surface area contributed by atoms with Crippen LogP contribution in [0.4, 0.5) is 15.8 Å². The fourth-order valence-electron chi connectivity index (χ4n) is 1.80. The summed E-state index contributed by atoms with van der Waals surface area (Å²) < 4.78 is 14.5. The van der Waals surface area contributed by atoms with E-state index in [-0.39, 0.29) is 11.9 Å². The molecule has 3 N–H and O–H groups in total. The third kappa shape index (κ3) is 2.82. The maximum atomic E-state index is 13.6. The molecule has 0 aliphatic heterocycles. The first kappa shape index (κ1) is 12.9. The van der Waals surface area contributed by atoms with Crippen molar-refractivity contribution in [3.8, 4) is 0 Å². The zero-order valence-corrected chi connectivity index (χ0v) is 11.5. The van der Waals surface area contributed by atoms with E-state index < -0.39 is 0 Å². The highest BCUT2D eigenvalue weighted by molar-refractivity contribution is 9.10. The second kappa shape index (κ2) is 5.40. The predicted octanol–water partition coefficient (Wildman–Crippen LogP) is 4.34. The van der Waals surface area contributed by atoms with Crippen LogP contribution in [0.25, 0.3) is 0 Å². The molecule has 0 aliphatic carbocycles. The van der Waals surface area contributed by atoms with Crippen LogP contribution in [0.2, 0.25) is 0 Å². The van der Waals surface area contributed by atoms with E-state index in [4.69, 9.17) is 5.73 Å². The van der Waals surface area contributed by atoms with Crippen molar-refractivity contribution < 1.29 is 4.39 Å². The molecule has 0 aliphatic rings. The van der Waals surface area contributed by atoms with Crippen molar-refractivity contribution in [1.29, 1.82) is 0 Å². The molecule has 0 radical (unpaired) electrons. The Morgan fingerprint density at radius 3 is 2.61 bits per heavy atom. The standard InChI is InChI=1S/C14H14BrFN2/c1-9(11-4-2-3-5-12(11)16)18-14-7-6-10(15)8-13(14)17/h2-9,18H,17H2,1H3. The molecule has 4 heteroatoms. The summed E-state index contributed by atoms with van der Waals surface area (Å²) in [7, 11) is 0. The van der Waals surface area contributed by atoms with Gasteiger partial charge in [-0.15, -0.1) is 0 Å². The van der Waals surface area contributed by atoms with Crippen molar-refractivity contribution in [2.45, 2.75) is 13.0 Å². The van der Waals surface area contributed by atoms with Crippen LogP contribution in [-0.2, 0) is 0 Å². The Bertz CT molecular complexity index is 557. The van der Waals surface area contributed by atoms with E-state index in [2.05, 4.69) is 21.2 Å². The fourth-order valence-corrected chi connectivity index (χ4v) is 2.18. The molecule has 0 amide bonds. The van der Waals surface area contributed by atoms with Crippen LogP contribution >= 0.6 is 15.9 Å². The summed E-state index contributed by atoms with van der Waals surface area (Å²) in [5.41, 5.74) is 7.96. The SMILES string of the molecule is CC(Nc1ccc(Br)cc1N)c1ccccc1F. The average molecular weight is 309 g/mol. The summed E-state index contributed by atoms with van der Waals surface area (Å²) in [5, 5.41) is 3.21. The van der Waals surface area contributed by atoms with E-state index in [1.807, 2.05) is 31.2 Å². The maximum Gasteiger partial charge on any atom is 0.128 e. The number of anilines is 2. The number of hydrogen-bond acceptors (Lipinski definition) is 2. The number of nitrogens with two attached hydrogens (primary N) is 1. The molecule has 0 spiro atoms. The van der Waals surface area contributed by atoms with Crippen molar-refractivity contribution in [1.82, 2.24) is 0 Å². The molecule has 0 aromatic heterocycles. The maximum absolute atomic E-state index is 13.6. The molecular formula is C14H14BrFN2. The van der Waals surface area contributed by atoms with Crippen LogP contribution in [0.1, 0.15) is 18.5 Å². The highest BCUT2D eigenvalue weighted by atomic mass is 79.9. The Kier molecular flexibility index (Phi) is 3.87. The molecule has 2 nitrogen and oxygen atoms in total. The Morgan fingerprint density at radius 2 is 1.94 bits per heavy atom. The zero-order valence-electron chi connectivity index (χ0n) is 9.95. The van der Waals surface area contributed by atoms with Crippen molar-refractivity contribution in [3.05, 3.63) is 58.3 Å². The lowest BCUT2D eigenvalue weighted by Crippen LogP contribution is -2.09. The van der Waals surface area contributed by atoms with Gasteiger partial charge in [-0.1, -0.05) is 34.1 Å². The van der Waals surface area contributed by atoms with Gasteiger partial charge in [-0.2, -0.15) is 0 Å². The average Bonchev–Trinajstić information content (AvgIpc) is 2.33. The van der Waals surface area contributed by atoms with E-state index in [0.717, 1.165) is 10.2 Å². The lowest BCUT2D eigenvalue weighted by atomic mass is 10.1. The van der Waals surface area contributed by atoms with Crippen molar-refractivity contribution in [2.24, 2.45) is 0 Å². The Balaban J connectivity index is 2.21. The van der Waals surface area contributed by atoms with Gasteiger partial charge in [0.25, 0.3) is 0 Å². The van der Waals surface area contributed by atoms with E-state index in [9.17, 15) is 4.39 Å². The van der Waals surface area contributed by atoms with E-state index >= 15 is 0 Å². The molecular weight excluding hydrogens is 295 g/mol. The topological polar surface area (TPSA) is 38.0 Å². The second-order valence-electron chi connectivity index (χ2n) is 4.12. The van der Waals surface area contributed by atoms with Gasteiger partial charge in [0.1, 0.15) is 5.82 Å². The first-order valence-corrected chi connectivity index (χ1v) is 6.43. The fraction of sp³-hybridized carbons (Fsp3) is 0.143. The quantitative estimate of drug-likeness (QED) is 0.828. The molecule has 2 aromatic carbocycles. The van der Waals surface area contributed by atoms with Crippen LogP contribution in [0.5, 0.6) is 0 Å². The van der Waals surface area contributed by atoms with Gasteiger partial charge in [-0.05, 0) is 31.2 Å². The summed E-state index contributed by atoms with van der Waals surface area (Å²) >= 11 is 3.35. The normalized spacial score (nSPS) is 12.2. The Hall–Kier alpha value is -1.55. The summed E-state index contributed by atoms with van der Waals surface area (Å²) in [6.45, 7) is 1.90. The van der Waals surface area contributed by atoms with Gasteiger partial charge < -0.3 is 11.1 Å². The smallest absolute Gasteiger partial charge is 0.128 e. The highest BCUT2D eigenvalue weighted by Gasteiger charge is 2.11. The zero-order chi connectivity index (χ0) is 13.1.